The Bertz CT molecular complexity index is 421. The summed E-state index contributed by atoms with van der Waals surface area (Å²) in [4.78, 5) is 21.9. The van der Waals surface area contributed by atoms with E-state index in [1.165, 1.54) is 0 Å². The highest BCUT2D eigenvalue weighted by molar-refractivity contribution is 5.77. The molecule has 0 saturated carbocycles. The minimum absolute atomic E-state index is 0.751. The number of carbonyl (C=O) groups excluding carboxylic acids is 1. The van der Waals surface area contributed by atoms with Crippen LogP contribution in [0.2, 0.25) is 0 Å². The van der Waals surface area contributed by atoms with Crippen molar-refractivity contribution in [3.63, 3.8) is 0 Å². The smallest absolute Gasteiger partial charge is 0.372 e. The molecule has 5 N–H and O–H groups in total. The maximum atomic E-state index is 14.1. The Hall–Kier alpha value is -1.36. The highest BCUT2D eigenvalue weighted by Gasteiger charge is 2.62. The second-order valence-electron chi connectivity index (χ2n) is 4.88. The lowest BCUT2D eigenvalue weighted by molar-refractivity contribution is -0.292. The number of rotatable bonds is 4. The van der Waals surface area contributed by atoms with Gasteiger partial charge >= 0.3 is 11.8 Å². The zero-order valence-corrected chi connectivity index (χ0v) is 11.2. The van der Waals surface area contributed by atoms with Crippen molar-refractivity contribution in [2.75, 3.05) is 0 Å². The molecule has 0 aromatic carbocycles. The number of aliphatic hydroxyl groups is 3. The maximum absolute atomic E-state index is 14.1. The molecule has 0 unspecified atom stereocenters. The van der Waals surface area contributed by atoms with E-state index in [4.69, 9.17) is 5.11 Å². The van der Waals surface area contributed by atoms with E-state index < -0.39 is 54.4 Å². The van der Waals surface area contributed by atoms with Gasteiger partial charge in [0.1, 0.15) is 18.3 Å². The fourth-order valence-corrected chi connectivity index (χ4v) is 2.06. The van der Waals surface area contributed by atoms with E-state index in [1.807, 2.05) is 5.32 Å². The number of carbonyl (C=O) groups is 2. The summed E-state index contributed by atoms with van der Waals surface area (Å²) in [6.07, 6.45) is -10.5. The van der Waals surface area contributed by atoms with Gasteiger partial charge in [0.25, 0.3) is 0 Å². The third-order valence-electron chi connectivity index (χ3n) is 3.18. The molecule has 1 rings (SSSR count). The van der Waals surface area contributed by atoms with Crippen molar-refractivity contribution in [3.8, 4) is 0 Å². The van der Waals surface area contributed by atoms with Crippen LogP contribution in [0.4, 0.5) is 8.78 Å². The van der Waals surface area contributed by atoms with E-state index in [0.717, 1.165) is 13.8 Å². The molecule has 21 heavy (non-hydrogen) atoms. The zero-order chi connectivity index (χ0) is 16.5. The average molecular weight is 313 g/mol. The molecule has 0 aromatic heterocycles. The summed E-state index contributed by atoms with van der Waals surface area (Å²) in [5, 5.41) is 39.5. The first-order valence-electron chi connectivity index (χ1n) is 6.07. The van der Waals surface area contributed by atoms with Crippen LogP contribution in [-0.2, 0) is 14.3 Å². The number of carboxylic acids is 1. The number of hydrogen-bond donors (Lipinski definition) is 5. The Kier molecular flexibility index (Phi) is 5.20. The Balaban J connectivity index is 3.19. The lowest BCUT2D eigenvalue weighted by Gasteiger charge is -2.45. The first-order valence-corrected chi connectivity index (χ1v) is 6.07. The van der Waals surface area contributed by atoms with Crippen LogP contribution >= 0.6 is 0 Å². The highest BCUT2D eigenvalue weighted by atomic mass is 19.2. The van der Waals surface area contributed by atoms with Gasteiger partial charge in [0.15, 0.2) is 6.17 Å². The van der Waals surface area contributed by atoms with E-state index in [1.54, 1.807) is 0 Å². The minimum Gasteiger partial charge on any atom is -0.477 e. The standard InChI is InChI=1S/C11H17F2NO7/c1-3(15)6(17)8-5(14-4(2)16)7(18)9(12)11(13,21-8)10(19)20/h3,5-9,15,17-18H,1-2H3,(H,14,16)(H,19,20)/t3-,5-,6-,7-,8-,9-,11-/m1/s1. The maximum Gasteiger partial charge on any atom is 0.372 e. The van der Waals surface area contributed by atoms with Crippen molar-refractivity contribution < 1.29 is 43.5 Å². The molecule has 1 saturated heterocycles. The minimum atomic E-state index is -3.91. The molecule has 10 heteroatoms. The summed E-state index contributed by atoms with van der Waals surface area (Å²) in [6.45, 7) is 2.10. The van der Waals surface area contributed by atoms with Gasteiger partial charge < -0.3 is 30.5 Å². The molecular weight excluding hydrogens is 296 g/mol. The monoisotopic (exact) mass is 313 g/mol. The van der Waals surface area contributed by atoms with Gasteiger partial charge in [-0.1, -0.05) is 0 Å². The molecular formula is C11H17F2NO7. The van der Waals surface area contributed by atoms with Crippen molar-refractivity contribution in [2.24, 2.45) is 0 Å². The van der Waals surface area contributed by atoms with Gasteiger partial charge in [0.05, 0.1) is 12.1 Å². The molecule has 0 spiro atoms. The number of halogens is 2. The predicted octanol–water partition coefficient (Wildman–Crippen LogP) is -1.92. The van der Waals surface area contributed by atoms with Crippen LogP contribution in [0.5, 0.6) is 0 Å². The van der Waals surface area contributed by atoms with E-state index in [2.05, 4.69) is 4.74 Å². The largest absolute Gasteiger partial charge is 0.477 e. The van der Waals surface area contributed by atoms with Crippen molar-refractivity contribution >= 4 is 11.9 Å². The van der Waals surface area contributed by atoms with Crippen molar-refractivity contribution in [1.29, 1.82) is 0 Å². The van der Waals surface area contributed by atoms with Crippen LogP contribution in [-0.4, -0.2) is 74.8 Å². The summed E-state index contributed by atoms with van der Waals surface area (Å²) in [7, 11) is 0. The summed E-state index contributed by atoms with van der Waals surface area (Å²) in [6, 6.07) is -1.63. The van der Waals surface area contributed by atoms with Gasteiger partial charge in [-0.25, -0.2) is 9.18 Å². The molecule has 8 nitrogen and oxygen atoms in total. The number of ether oxygens (including phenoxy) is 1. The molecule has 1 heterocycles. The number of aliphatic carboxylic acids is 1. The summed E-state index contributed by atoms with van der Waals surface area (Å²) in [5.74, 6) is -6.99. The van der Waals surface area contributed by atoms with Crippen LogP contribution < -0.4 is 5.32 Å². The second kappa shape index (κ2) is 6.18. The fourth-order valence-electron chi connectivity index (χ4n) is 2.06. The van der Waals surface area contributed by atoms with E-state index in [0.29, 0.717) is 0 Å². The van der Waals surface area contributed by atoms with Crippen LogP contribution in [0.15, 0.2) is 0 Å². The number of nitrogens with one attached hydrogen (secondary N) is 1. The second-order valence-corrected chi connectivity index (χ2v) is 4.88. The average Bonchev–Trinajstić information content (AvgIpc) is 2.37. The van der Waals surface area contributed by atoms with Crippen LogP contribution in [0.3, 0.4) is 0 Å². The normalized spacial score (nSPS) is 39.4. The van der Waals surface area contributed by atoms with Gasteiger partial charge in [-0.05, 0) is 6.92 Å². The van der Waals surface area contributed by atoms with Gasteiger partial charge in [0.2, 0.25) is 5.91 Å². The number of amides is 1. The fraction of sp³-hybridized carbons (Fsp3) is 0.818. The third kappa shape index (κ3) is 3.28. The molecule has 1 amide bonds. The topological polar surface area (TPSA) is 136 Å². The highest BCUT2D eigenvalue weighted by Crippen LogP contribution is 2.35. The van der Waals surface area contributed by atoms with E-state index in [-0.39, 0.29) is 0 Å². The Morgan fingerprint density at radius 3 is 2.29 bits per heavy atom. The summed E-state index contributed by atoms with van der Waals surface area (Å²) in [5.41, 5.74) is 0. The first kappa shape index (κ1) is 17.7. The number of carboxylic acid groups (broad SMARTS) is 1. The molecule has 0 aliphatic carbocycles. The summed E-state index contributed by atoms with van der Waals surface area (Å²) >= 11 is 0. The quantitative estimate of drug-likeness (QED) is 0.408. The Morgan fingerprint density at radius 1 is 1.38 bits per heavy atom. The molecule has 7 atom stereocenters. The Morgan fingerprint density at radius 2 is 1.90 bits per heavy atom. The van der Waals surface area contributed by atoms with E-state index in [9.17, 15) is 33.7 Å². The van der Waals surface area contributed by atoms with E-state index >= 15 is 0 Å². The molecule has 0 radical (unpaired) electrons. The first-order chi connectivity index (χ1) is 9.52. The molecule has 1 aliphatic heterocycles. The third-order valence-corrected chi connectivity index (χ3v) is 3.18. The lowest BCUT2D eigenvalue weighted by Crippen LogP contribution is -2.70. The van der Waals surface area contributed by atoms with Crippen molar-refractivity contribution in [3.05, 3.63) is 0 Å². The van der Waals surface area contributed by atoms with Crippen LogP contribution in [0.25, 0.3) is 0 Å². The van der Waals surface area contributed by atoms with Gasteiger partial charge in [-0.2, -0.15) is 4.39 Å². The van der Waals surface area contributed by atoms with Crippen LogP contribution in [0, 0.1) is 0 Å². The Labute approximate surface area is 118 Å². The number of alkyl halides is 2. The molecule has 122 valence electrons. The SMILES string of the molecule is CC(=O)N[C@@H]1[C@@H](O)[C@@H](F)[C@](F)(C(=O)O)O[C@H]1[C@H](O)[C@@H](C)O. The number of aliphatic hydroxyl groups excluding tert-OH is 3. The molecule has 1 aliphatic rings. The van der Waals surface area contributed by atoms with Crippen molar-refractivity contribution in [2.45, 2.75) is 56.3 Å². The van der Waals surface area contributed by atoms with Crippen molar-refractivity contribution in [1.82, 2.24) is 5.32 Å². The number of hydrogen-bond acceptors (Lipinski definition) is 6. The summed E-state index contributed by atoms with van der Waals surface area (Å²) < 4.78 is 32.3. The molecule has 1 fully saturated rings. The van der Waals surface area contributed by atoms with Crippen LogP contribution in [0.1, 0.15) is 13.8 Å². The predicted molar refractivity (Wildman–Crippen MR) is 62.5 cm³/mol. The lowest BCUT2D eigenvalue weighted by atomic mass is 9.88. The van der Waals surface area contributed by atoms with Gasteiger partial charge in [0, 0.05) is 6.92 Å². The molecule has 0 aromatic rings. The molecule has 0 bridgehead atoms. The van der Waals surface area contributed by atoms with Gasteiger partial charge in [-0.3, -0.25) is 4.79 Å². The zero-order valence-electron chi connectivity index (χ0n) is 11.2. The van der Waals surface area contributed by atoms with Gasteiger partial charge in [-0.15, -0.1) is 0 Å².